The molecule has 0 saturated heterocycles. The van der Waals surface area contributed by atoms with Crippen LogP contribution in [0.25, 0.3) is 0 Å². The van der Waals surface area contributed by atoms with E-state index in [-0.39, 0.29) is 17.2 Å². The van der Waals surface area contributed by atoms with Crippen LogP contribution in [0.2, 0.25) is 0 Å². The molecule has 98 valence electrons. The lowest BCUT2D eigenvalue weighted by molar-refractivity contribution is 0.0945. The molecular formula is C13H19N3O2. The summed E-state index contributed by atoms with van der Waals surface area (Å²) in [7, 11) is 0. The Bertz CT molecular complexity index is 418. The van der Waals surface area contributed by atoms with Crippen LogP contribution < -0.4 is 5.32 Å². The van der Waals surface area contributed by atoms with Crippen LogP contribution in [0.3, 0.4) is 0 Å². The molecule has 0 unspecified atom stereocenters. The van der Waals surface area contributed by atoms with E-state index < -0.39 is 0 Å². The molecule has 1 heterocycles. The third kappa shape index (κ3) is 3.20. The average Bonchev–Trinajstić information content (AvgIpc) is 3.19. The monoisotopic (exact) mass is 249 g/mol. The van der Waals surface area contributed by atoms with Gasteiger partial charge in [-0.1, -0.05) is 6.92 Å². The van der Waals surface area contributed by atoms with Crippen molar-refractivity contribution in [2.45, 2.75) is 25.8 Å². The Labute approximate surface area is 107 Å². The van der Waals surface area contributed by atoms with Crippen LogP contribution in [0.5, 0.6) is 5.75 Å². The van der Waals surface area contributed by atoms with E-state index in [9.17, 15) is 9.90 Å². The van der Waals surface area contributed by atoms with Gasteiger partial charge >= 0.3 is 0 Å². The van der Waals surface area contributed by atoms with Gasteiger partial charge in [0.2, 0.25) is 0 Å². The number of nitrogens with one attached hydrogen (secondary N) is 1. The van der Waals surface area contributed by atoms with E-state index in [4.69, 9.17) is 0 Å². The van der Waals surface area contributed by atoms with Crippen LogP contribution in [0.4, 0.5) is 0 Å². The third-order valence-corrected chi connectivity index (χ3v) is 3.20. The Morgan fingerprint density at radius 1 is 1.61 bits per heavy atom. The second-order valence-corrected chi connectivity index (χ2v) is 4.51. The molecule has 0 atom stereocenters. The summed E-state index contributed by atoms with van der Waals surface area (Å²) in [4.78, 5) is 17.9. The van der Waals surface area contributed by atoms with Gasteiger partial charge in [0, 0.05) is 25.3 Å². The highest BCUT2D eigenvalue weighted by Gasteiger charge is 2.27. The van der Waals surface area contributed by atoms with Crippen molar-refractivity contribution in [2.24, 2.45) is 0 Å². The zero-order chi connectivity index (χ0) is 13.0. The zero-order valence-electron chi connectivity index (χ0n) is 10.6. The Balaban J connectivity index is 1.79. The number of carbonyl (C=O) groups is 1. The highest BCUT2D eigenvalue weighted by atomic mass is 16.3. The summed E-state index contributed by atoms with van der Waals surface area (Å²) < 4.78 is 0. The van der Waals surface area contributed by atoms with Crippen molar-refractivity contribution in [1.82, 2.24) is 15.2 Å². The number of amides is 1. The molecule has 1 fully saturated rings. The Morgan fingerprint density at radius 3 is 3.00 bits per heavy atom. The molecule has 0 spiro atoms. The van der Waals surface area contributed by atoms with Crippen molar-refractivity contribution in [3.63, 3.8) is 0 Å². The predicted octanol–water partition coefficient (Wildman–Crippen LogP) is 1.00. The van der Waals surface area contributed by atoms with Crippen LogP contribution in [-0.2, 0) is 0 Å². The number of aromatic hydroxyl groups is 1. The maximum Gasteiger partial charge on any atom is 0.255 e. The summed E-state index contributed by atoms with van der Waals surface area (Å²) >= 11 is 0. The Morgan fingerprint density at radius 2 is 2.39 bits per heavy atom. The fourth-order valence-corrected chi connectivity index (χ4v) is 2.02. The first-order valence-corrected chi connectivity index (χ1v) is 6.37. The van der Waals surface area contributed by atoms with Crippen molar-refractivity contribution < 1.29 is 9.90 Å². The van der Waals surface area contributed by atoms with Crippen molar-refractivity contribution in [3.05, 3.63) is 24.0 Å². The number of pyridine rings is 1. The molecule has 1 aliphatic carbocycles. The summed E-state index contributed by atoms with van der Waals surface area (Å²) in [6.45, 7) is 4.61. The lowest BCUT2D eigenvalue weighted by Crippen LogP contribution is -2.36. The molecule has 18 heavy (non-hydrogen) atoms. The topological polar surface area (TPSA) is 65.5 Å². The molecule has 5 heteroatoms. The maximum atomic E-state index is 11.8. The van der Waals surface area contributed by atoms with E-state index in [1.165, 1.54) is 31.3 Å². The van der Waals surface area contributed by atoms with Crippen molar-refractivity contribution in [3.8, 4) is 5.75 Å². The molecule has 1 saturated carbocycles. The SMILES string of the molecule is CCN(CCNC(=O)c1ccncc1O)C1CC1. The summed E-state index contributed by atoms with van der Waals surface area (Å²) in [6.07, 6.45) is 5.31. The third-order valence-electron chi connectivity index (χ3n) is 3.20. The number of rotatable bonds is 6. The molecule has 0 bridgehead atoms. The molecular weight excluding hydrogens is 230 g/mol. The molecule has 1 aromatic heterocycles. The molecule has 1 aliphatic rings. The van der Waals surface area contributed by atoms with E-state index in [1.54, 1.807) is 0 Å². The first kappa shape index (κ1) is 12.8. The minimum Gasteiger partial charge on any atom is -0.505 e. The summed E-state index contributed by atoms with van der Waals surface area (Å²) in [5, 5.41) is 12.3. The molecule has 0 aromatic carbocycles. The minimum atomic E-state index is -0.248. The highest BCUT2D eigenvalue weighted by Crippen LogP contribution is 2.25. The summed E-state index contributed by atoms with van der Waals surface area (Å²) in [6, 6.07) is 2.23. The molecule has 1 aromatic rings. The largest absolute Gasteiger partial charge is 0.505 e. The minimum absolute atomic E-state index is 0.0791. The van der Waals surface area contributed by atoms with E-state index in [2.05, 4.69) is 22.1 Å². The fourth-order valence-electron chi connectivity index (χ4n) is 2.02. The summed E-state index contributed by atoms with van der Waals surface area (Å²) in [5.41, 5.74) is 0.277. The number of likely N-dealkylation sites (N-methyl/N-ethyl adjacent to an activating group) is 1. The fraction of sp³-hybridized carbons (Fsp3) is 0.538. The highest BCUT2D eigenvalue weighted by molar-refractivity contribution is 5.96. The second kappa shape index (κ2) is 5.82. The van der Waals surface area contributed by atoms with Gasteiger partial charge in [-0.3, -0.25) is 14.7 Å². The van der Waals surface area contributed by atoms with Gasteiger partial charge < -0.3 is 10.4 Å². The number of nitrogens with zero attached hydrogens (tertiary/aromatic N) is 2. The van der Waals surface area contributed by atoms with Gasteiger partial charge in [0.25, 0.3) is 5.91 Å². The van der Waals surface area contributed by atoms with Gasteiger partial charge in [-0.15, -0.1) is 0 Å². The van der Waals surface area contributed by atoms with E-state index in [0.717, 1.165) is 13.1 Å². The molecule has 2 rings (SSSR count). The lowest BCUT2D eigenvalue weighted by Gasteiger charge is -2.19. The van der Waals surface area contributed by atoms with Crippen LogP contribution in [0, 0.1) is 0 Å². The number of carbonyl (C=O) groups excluding carboxylic acids is 1. The molecule has 5 nitrogen and oxygen atoms in total. The number of hydrogen-bond acceptors (Lipinski definition) is 4. The van der Waals surface area contributed by atoms with Crippen molar-refractivity contribution >= 4 is 5.91 Å². The zero-order valence-corrected chi connectivity index (χ0v) is 10.6. The molecule has 1 amide bonds. The molecule has 2 N–H and O–H groups in total. The van der Waals surface area contributed by atoms with Crippen molar-refractivity contribution in [2.75, 3.05) is 19.6 Å². The first-order valence-electron chi connectivity index (χ1n) is 6.37. The van der Waals surface area contributed by atoms with Crippen molar-refractivity contribution in [1.29, 1.82) is 0 Å². The van der Waals surface area contributed by atoms with Crippen LogP contribution >= 0.6 is 0 Å². The van der Waals surface area contributed by atoms with Gasteiger partial charge in [0.05, 0.1) is 11.8 Å². The van der Waals surface area contributed by atoms with Crippen LogP contribution in [0.15, 0.2) is 18.5 Å². The average molecular weight is 249 g/mol. The smallest absolute Gasteiger partial charge is 0.255 e. The van der Waals surface area contributed by atoms with Gasteiger partial charge in [-0.05, 0) is 25.5 Å². The number of aromatic nitrogens is 1. The standard InChI is InChI=1S/C13H19N3O2/c1-2-16(10-3-4-10)8-7-15-13(18)11-5-6-14-9-12(11)17/h5-6,9-10,17H,2-4,7-8H2,1H3,(H,15,18). The molecule has 0 radical (unpaired) electrons. The van der Waals surface area contributed by atoms with Crippen LogP contribution in [-0.4, -0.2) is 46.6 Å². The normalized spacial score (nSPS) is 14.8. The number of hydrogen-bond donors (Lipinski definition) is 2. The van der Waals surface area contributed by atoms with E-state index in [1.807, 2.05) is 0 Å². The molecule has 0 aliphatic heterocycles. The quantitative estimate of drug-likeness (QED) is 0.789. The van der Waals surface area contributed by atoms with E-state index in [0.29, 0.717) is 12.6 Å². The Hall–Kier alpha value is -1.62. The predicted molar refractivity (Wildman–Crippen MR) is 68.5 cm³/mol. The summed E-state index contributed by atoms with van der Waals surface area (Å²) in [5.74, 6) is -0.328. The lowest BCUT2D eigenvalue weighted by atomic mass is 10.2. The Kier molecular flexibility index (Phi) is 4.15. The van der Waals surface area contributed by atoms with Crippen LogP contribution in [0.1, 0.15) is 30.1 Å². The first-order chi connectivity index (χ1) is 8.72. The van der Waals surface area contributed by atoms with Gasteiger partial charge in [0.1, 0.15) is 5.75 Å². The van der Waals surface area contributed by atoms with Gasteiger partial charge in [-0.2, -0.15) is 0 Å². The second-order valence-electron chi connectivity index (χ2n) is 4.51. The maximum absolute atomic E-state index is 11.8. The van der Waals surface area contributed by atoms with Gasteiger partial charge in [-0.25, -0.2) is 0 Å². The van der Waals surface area contributed by atoms with Gasteiger partial charge in [0.15, 0.2) is 0 Å². The van der Waals surface area contributed by atoms with E-state index >= 15 is 0 Å².